The molecule has 2 aromatic carbocycles. The average Bonchev–Trinajstić information content (AvgIpc) is 2.51. The number of rotatable bonds is 6. The topological polar surface area (TPSA) is 99.1 Å². The number of carbonyl (C=O) groups excluding carboxylic acids is 1. The Morgan fingerprint density at radius 2 is 1.79 bits per heavy atom. The van der Waals surface area contributed by atoms with Gasteiger partial charge in [-0.2, -0.15) is 0 Å². The van der Waals surface area contributed by atoms with Crippen molar-refractivity contribution >= 4 is 27.3 Å². The van der Waals surface area contributed by atoms with Crippen LogP contribution in [-0.4, -0.2) is 20.9 Å². The number of benzene rings is 2. The zero-order valence-corrected chi connectivity index (χ0v) is 18.8. The van der Waals surface area contributed by atoms with Crippen LogP contribution in [0, 0.1) is 51.0 Å². The van der Waals surface area contributed by atoms with Crippen molar-refractivity contribution in [3.05, 3.63) is 59.8 Å². The van der Waals surface area contributed by atoms with E-state index in [1.54, 1.807) is 36.4 Å². The van der Waals surface area contributed by atoms with Crippen molar-refractivity contribution in [2.45, 2.75) is 18.2 Å². The summed E-state index contributed by atoms with van der Waals surface area (Å²) in [6.45, 7) is 1.82. The summed E-state index contributed by atoms with van der Waals surface area (Å²) in [6, 6.07) is 13.0. The minimum absolute atomic E-state index is 0. The van der Waals surface area contributed by atoms with Gasteiger partial charge in [-0.1, -0.05) is 24.3 Å². The monoisotopic (exact) mass is 559 g/mol. The van der Waals surface area contributed by atoms with E-state index in [0.717, 1.165) is 5.56 Å². The van der Waals surface area contributed by atoms with Crippen molar-refractivity contribution in [3.8, 4) is 0 Å². The molecule has 8 heteroatoms. The fraction of sp³-hybridized carbons (Fsp3) is 0.188. The predicted octanol–water partition coefficient (Wildman–Crippen LogP) is 3.18. The molecule has 0 heterocycles. The molecular formula is C16H18AcN3O3S-. The first-order valence-corrected chi connectivity index (χ1v) is 8.53. The molecule has 6 nitrogen and oxygen atoms in total. The summed E-state index contributed by atoms with van der Waals surface area (Å²) in [5, 5.41) is 2.68. The van der Waals surface area contributed by atoms with E-state index < -0.39 is 10.0 Å². The largest absolute Gasteiger partial charge is 0.677 e. The van der Waals surface area contributed by atoms with Gasteiger partial charge in [0.2, 0.25) is 5.91 Å². The van der Waals surface area contributed by atoms with Crippen LogP contribution in [-0.2, 0) is 14.8 Å². The molecule has 2 aromatic rings. The Balaban J connectivity index is 0.00000288. The van der Waals surface area contributed by atoms with Crippen LogP contribution in [0.5, 0.6) is 0 Å². The Morgan fingerprint density at radius 3 is 2.42 bits per heavy atom. The Morgan fingerprint density at radius 1 is 1.12 bits per heavy atom. The molecular weight excluding hydrogens is 541 g/mol. The molecule has 1 radical (unpaired) electrons. The maximum atomic E-state index is 12.3. The van der Waals surface area contributed by atoms with Crippen molar-refractivity contribution in [3.63, 3.8) is 0 Å². The number of nitrogens with one attached hydrogen (secondary N) is 3. The second kappa shape index (κ2) is 9.52. The molecule has 0 aliphatic heterocycles. The van der Waals surface area contributed by atoms with E-state index in [-0.39, 0.29) is 67.8 Å². The van der Waals surface area contributed by atoms with Gasteiger partial charge < -0.3 is 11.1 Å². The Kier molecular flexibility index (Phi) is 8.37. The molecule has 0 atom stereocenters. The average molecular weight is 559 g/mol. The molecule has 0 aliphatic rings. The Labute approximate surface area is 177 Å². The van der Waals surface area contributed by atoms with E-state index in [1.807, 2.05) is 6.92 Å². The van der Waals surface area contributed by atoms with Gasteiger partial charge in [0, 0.05) is 56.2 Å². The molecule has 0 saturated heterocycles. The molecule has 0 aromatic heterocycles. The molecule has 0 bridgehead atoms. The normalized spacial score (nSPS) is 10.6. The number of carbonyl (C=O) groups is 1. The minimum atomic E-state index is -3.67. The van der Waals surface area contributed by atoms with Crippen LogP contribution >= 0.6 is 0 Å². The van der Waals surface area contributed by atoms with Gasteiger partial charge in [0.15, 0.2) is 0 Å². The molecule has 3 N–H and O–H groups in total. The molecule has 1 amide bonds. The van der Waals surface area contributed by atoms with Crippen LogP contribution < -0.4 is 10.0 Å². The fourth-order valence-electron chi connectivity index (χ4n) is 1.96. The summed E-state index contributed by atoms with van der Waals surface area (Å²) in [5.41, 5.74) is 8.75. The van der Waals surface area contributed by atoms with E-state index in [2.05, 4.69) is 10.0 Å². The summed E-state index contributed by atoms with van der Waals surface area (Å²) >= 11 is 0. The molecule has 0 unspecified atom stereocenters. The summed E-state index contributed by atoms with van der Waals surface area (Å²) in [6.07, 6.45) is 0.0966. The van der Waals surface area contributed by atoms with Gasteiger partial charge in [-0.05, 0) is 36.8 Å². The third-order valence-electron chi connectivity index (χ3n) is 3.17. The molecule has 2 rings (SSSR count). The van der Waals surface area contributed by atoms with Crippen molar-refractivity contribution in [1.82, 2.24) is 0 Å². The second-order valence-corrected chi connectivity index (χ2v) is 6.68. The van der Waals surface area contributed by atoms with E-state index in [0.29, 0.717) is 11.4 Å². The van der Waals surface area contributed by atoms with Crippen LogP contribution in [0.4, 0.5) is 11.4 Å². The number of amides is 1. The maximum Gasteiger partial charge on any atom is 0.261 e. The minimum Gasteiger partial charge on any atom is -0.677 e. The Hall–Kier alpha value is -0.938. The van der Waals surface area contributed by atoms with Crippen LogP contribution in [0.3, 0.4) is 0 Å². The zero-order chi connectivity index (χ0) is 16.9. The van der Waals surface area contributed by atoms with Crippen LogP contribution in [0.2, 0.25) is 0 Å². The Bertz CT molecular complexity index is 795. The van der Waals surface area contributed by atoms with Crippen LogP contribution in [0.25, 0.3) is 5.73 Å². The number of hydrogen-bond acceptors (Lipinski definition) is 3. The van der Waals surface area contributed by atoms with Crippen LogP contribution in [0.15, 0.2) is 53.4 Å². The second-order valence-electron chi connectivity index (χ2n) is 5.00. The maximum absolute atomic E-state index is 12.3. The van der Waals surface area contributed by atoms with Crippen molar-refractivity contribution in [1.29, 1.82) is 0 Å². The van der Waals surface area contributed by atoms with Gasteiger partial charge in [0.25, 0.3) is 10.0 Å². The first kappa shape index (κ1) is 21.1. The van der Waals surface area contributed by atoms with Crippen LogP contribution in [0.1, 0.15) is 12.0 Å². The van der Waals surface area contributed by atoms with Crippen molar-refractivity contribution in [2.24, 2.45) is 0 Å². The van der Waals surface area contributed by atoms with Gasteiger partial charge >= 0.3 is 0 Å². The van der Waals surface area contributed by atoms with Gasteiger partial charge in [-0.3, -0.25) is 9.52 Å². The van der Waals surface area contributed by atoms with Gasteiger partial charge in [-0.25, -0.2) is 8.42 Å². The van der Waals surface area contributed by atoms with Gasteiger partial charge in [-0.15, -0.1) is 6.54 Å². The number of sulfonamides is 1. The third-order valence-corrected chi connectivity index (χ3v) is 4.57. The van der Waals surface area contributed by atoms with Gasteiger partial charge in [0.05, 0.1) is 10.6 Å². The first-order chi connectivity index (χ1) is 10.9. The molecule has 0 spiro atoms. The quantitative estimate of drug-likeness (QED) is 0.569. The molecule has 0 fully saturated rings. The third kappa shape index (κ3) is 5.85. The number of aryl methyl sites for hydroxylation is 1. The summed E-state index contributed by atoms with van der Waals surface area (Å²) in [5.74, 6) is -0.272. The van der Waals surface area contributed by atoms with Crippen molar-refractivity contribution in [2.75, 3.05) is 16.6 Å². The number of hydrogen-bond donors (Lipinski definition) is 2. The zero-order valence-electron chi connectivity index (χ0n) is 13.2. The van der Waals surface area contributed by atoms with E-state index in [1.165, 1.54) is 12.1 Å². The standard InChI is InChI=1S/C16H18N3O3S.Ac/c1-12-7-8-13(11-15(12)18-16(20)9-10-17)19-23(21,22)14-5-3-2-4-6-14;/h2-8,11,17,19H,9-10H2,1H3,(H,18,20);/q-1;. The molecule has 125 valence electrons. The fourth-order valence-corrected chi connectivity index (χ4v) is 3.03. The summed E-state index contributed by atoms with van der Waals surface area (Å²) in [7, 11) is -3.67. The summed E-state index contributed by atoms with van der Waals surface area (Å²) < 4.78 is 27.1. The van der Waals surface area contributed by atoms with Gasteiger partial charge in [0.1, 0.15) is 0 Å². The molecule has 0 aliphatic carbocycles. The van der Waals surface area contributed by atoms with E-state index in [4.69, 9.17) is 5.73 Å². The smallest absolute Gasteiger partial charge is 0.261 e. The van der Waals surface area contributed by atoms with E-state index in [9.17, 15) is 13.2 Å². The van der Waals surface area contributed by atoms with Crippen molar-refractivity contribution < 1.29 is 57.3 Å². The predicted molar refractivity (Wildman–Crippen MR) is 90.9 cm³/mol. The first-order valence-electron chi connectivity index (χ1n) is 7.05. The summed E-state index contributed by atoms with van der Waals surface area (Å²) in [4.78, 5) is 11.8. The van der Waals surface area contributed by atoms with E-state index >= 15 is 0 Å². The SMILES string of the molecule is Cc1ccc(NS(=O)(=O)c2ccccc2)cc1NC(=O)CC[NH-].[Ac]. The number of anilines is 2. The molecule has 0 saturated carbocycles. The molecule has 24 heavy (non-hydrogen) atoms.